The van der Waals surface area contributed by atoms with Crippen LogP contribution in [0.15, 0.2) is 18.2 Å². The molecule has 0 saturated carbocycles. The number of carbonyl (C=O) groups is 4. The fourth-order valence-corrected chi connectivity index (χ4v) is 3.48. The van der Waals surface area contributed by atoms with Crippen molar-refractivity contribution in [3.8, 4) is 0 Å². The van der Waals surface area contributed by atoms with E-state index in [1.807, 2.05) is 6.07 Å². The highest BCUT2D eigenvalue weighted by Crippen LogP contribution is 2.30. The molecule has 2 saturated heterocycles. The Balaban J connectivity index is 1.63. The van der Waals surface area contributed by atoms with Gasteiger partial charge in [0, 0.05) is 25.2 Å². The topological polar surface area (TPSA) is 96.0 Å². The second kappa shape index (κ2) is 5.96. The molecule has 0 spiro atoms. The number of imide groups is 2. The number of hydrogen-bond donors (Lipinski definition) is 1. The number of carbonyl (C=O) groups excluding carboxylic acids is 4. The van der Waals surface area contributed by atoms with Gasteiger partial charge in [0.2, 0.25) is 11.8 Å². The third-order valence-electron chi connectivity index (χ3n) is 4.80. The Morgan fingerprint density at radius 3 is 2.44 bits per heavy atom. The number of hydrogen-bond acceptors (Lipinski definition) is 6. The smallest absolute Gasteiger partial charge is 0.262 e. The molecule has 1 atom stereocenters. The van der Waals surface area contributed by atoms with E-state index >= 15 is 0 Å². The first-order chi connectivity index (χ1) is 12.1. The minimum Gasteiger partial charge on any atom is -0.378 e. The maximum absolute atomic E-state index is 12.8. The third kappa shape index (κ3) is 2.58. The highest BCUT2D eigenvalue weighted by molar-refractivity contribution is 6.23. The molecule has 1 N–H and O–H groups in total. The molecule has 2 fully saturated rings. The predicted octanol–water partition coefficient (Wildman–Crippen LogP) is -0.0756. The molecule has 8 heteroatoms. The van der Waals surface area contributed by atoms with Crippen LogP contribution in [0.4, 0.5) is 5.69 Å². The zero-order chi connectivity index (χ0) is 17.6. The van der Waals surface area contributed by atoms with Crippen LogP contribution in [-0.2, 0) is 14.3 Å². The van der Waals surface area contributed by atoms with E-state index in [2.05, 4.69) is 10.2 Å². The van der Waals surface area contributed by atoms with Crippen molar-refractivity contribution < 1.29 is 23.9 Å². The summed E-state index contributed by atoms with van der Waals surface area (Å²) in [6, 6.07) is 4.21. The number of nitrogens with one attached hydrogen (secondary N) is 1. The standard InChI is InChI=1S/C17H17N3O5/c21-14-4-3-13(15(22)18-14)20-16(23)11-2-1-10(9-12(11)17(20)24)19-5-7-25-8-6-19/h1-2,9,13H,3-8H2,(H,18,21,22). The van der Waals surface area contributed by atoms with Crippen molar-refractivity contribution in [3.63, 3.8) is 0 Å². The molecule has 1 aromatic carbocycles. The normalized spacial score (nSPS) is 23.8. The molecular formula is C17H17N3O5. The van der Waals surface area contributed by atoms with E-state index < -0.39 is 23.8 Å². The number of rotatable bonds is 2. The van der Waals surface area contributed by atoms with Crippen molar-refractivity contribution in [2.75, 3.05) is 31.2 Å². The molecule has 8 nitrogen and oxygen atoms in total. The van der Waals surface area contributed by atoms with Gasteiger partial charge in [-0.15, -0.1) is 0 Å². The Hall–Kier alpha value is -2.74. The first kappa shape index (κ1) is 15.8. The number of fused-ring (bicyclic) bond motifs is 1. The summed E-state index contributed by atoms with van der Waals surface area (Å²) in [7, 11) is 0. The lowest BCUT2D eigenvalue weighted by molar-refractivity contribution is -0.136. The van der Waals surface area contributed by atoms with Gasteiger partial charge in [0.1, 0.15) is 6.04 Å². The van der Waals surface area contributed by atoms with Crippen LogP contribution in [0, 0.1) is 0 Å². The summed E-state index contributed by atoms with van der Waals surface area (Å²) in [5.74, 6) is -1.95. The van der Waals surface area contributed by atoms with Gasteiger partial charge in [-0.3, -0.25) is 29.4 Å². The minimum atomic E-state index is -0.933. The maximum Gasteiger partial charge on any atom is 0.262 e. The zero-order valence-corrected chi connectivity index (χ0v) is 13.5. The molecule has 4 rings (SSSR count). The third-order valence-corrected chi connectivity index (χ3v) is 4.80. The highest BCUT2D eigenvalue weighted by Gasteiger charge is 2.44. The van der Waals surface area contributed by atoms with E-state index in [0.717, 1.165) is 23.7 Å². The van der Waals surface area contributed by atoms with E-state index in [-0.39, 0.29) is 18.7 Å². The summed E-state index contributed by atoms with van der Waals surface area (Å²) in [6.45, 7) is 2.67. The van der Waals surface area contributed by atoms with E-state index in [1.165, 1.54) is 0 Å². The average Bonchev–Trinajstić information content (AvgIpc) is 2.87. The Bertz CT molecular complexity index is 784. The maximum atomic E-state index is 12.8. The molecule has 1 unspecified atom stereocenters. The van der Waals surface area contributed by atoms with Crippen LogP contribution in [0.1, 0.15) is 33.6 Å². The molecule has 130 valence electrons. The van der Waals surface area contributed by atoms with Gasteiger partial charge < -0.3 is 9.64 Å². The van der Waals surface area contributed by atoms with Gasteiger partial charge in [0.25, 0.3) is 11.8 Å². The van der Waals surface area contributed by atoms with Crippen molar-refractivity contribution in [2.24, 2.45) is 0 Å². The Morgan fingerprint density at radius 1 is 1.00 bits per heavy atom. The molecule has 3 aliphatic heterocycles. The van der Waals surface area contributed by atoms with Crippen LogP contribution in [0.3, 0.4) is 0 Å². The molecular weight excluding hydrogens is 326 g/mol. The number of piperidine rings is 1. The highest BCUT2D eigenvalue weighted by atomic mass is 16.5. The average molecular weight is 343 g/mol. The fourth-order valence-electron chi connectivity index (χ4n) is 3.48. The molecule has 3 heterocycles. The number of nitrogens with zero attached hydrogens (tertiary/aromatic N) is 2. The molecule has 1 aromatic rings. The largest absolute Gasteiger partial charge is 0.378 e. The Morgan fingerprint density at radius 2 is 1.72 bits per heavy atom. The fraction of sp³-hybridized carbons (Fsp3) is 0.412. The van der Waals surface area contributed by atoms with Crippen LogP contribution >= 0.6 is 0 Å². The molecule has 25 heavy (non-hydrogen) atoms. The molecule has 0 aliphatic carbocycles. The summed E-state index contributed by atoms with van der Waals surface area (Å²) in [5.41, 5.74) is 1.46. The van der Waals surface area contributed by atoms with Crippen molar-refractivity contribution in [2.45, 2.75) is 18.9 Å². The lowest BCUT2D eigenvalue weighted by Gasteiger charge is -2.29. The molecule has 0 radical (unpaired) electrons. The Kier molecular flexibility index (Phi) is 3.76. The number of ether oxygens (including phenoxy) is 1. The van der Waals surface area contributed by atoms with Gasteiger partial charge in [0.15, 0.2) is 0 Å². The van der Waals surface area contributed by atoms with Crippen LogP contribution in [-0.4, -0.2) is 60.9 Å². The lowest BCUT2D eigenvalue weighted by Crippen LogP contribution is -2.54. The molecule has 3 aliphatic rings. The monoisotopic (exact) mass is 343 g/mol. The van der Waals surface area contributed by atoms with Crippen LogP contribution < -0.4 is 10.2 Å². The first-order valence-electron chi connectivity index (χ1n) is 8.24. The van der Waals surface area contributed by atoms with Crippen LogP contribution in [0.5, 0.6) is 0 Å². The summed E-state index contributed by atoms with van der Waals surface area (Å²) >= 11 is 0. The SMILES string of the molecule is O=C1CCC(N2C(=O)c3ccc(N4CCOCC4)cc3C2=O)C(=O)N1. The number of amides is 4. The number of anilines is 1. The summed E-state index contributed by atoms with van der Waals surface area (Å²) < 4.78 is 5.33. The quantitative estimate of drug-likeness (QED) is 0.755. The van der Waals surface area contributed by atoms with Crippen molar-refractivity contribution in [1.29, 1.82) is 0 Å². The van der Waals surface area contributed by atoms with Gasteiger partial charge in [-0.25, -0.2) is 0 Å². The molecule has 0 bridgehead atoms. The molecule has 0 aromatic heterocycles. The summed E-state index contributed by atoms with van der Waals surface area (Å²) in [4.78, 5) is 51.8. The Labute approximate surface area is 143 Å². The van der Waals surface area contributed by atoms with Gasteiger partial charge in [0.05, 0.1) is 24.3 Å². The van der Waals surface area contributed by atoms with Crippen molar-refractivity contribution in [1.82, 2.24) is 10.2 Å². The lowest BCUT2D eigenvalue weighted by atomic mass is 10.0. The van der Waals surface area contributed by atoms with Crippen LogP contribution in [0.25, 0.3) is 0 Å². The van der Waals surface area contributed by atoms with E-state index in [0.29, 0.717) is 24.3 Å². The number of benzene rings is 1. The van der Waals surface area contributed by atoms with Crippen molar-refractivity contribution in [3.05, 3.63) is 29.3 Å². The predicted molar refractivity (Wildman–Crippen MR) is 86.1 cm³/mol. The van der Waals surface area contributed by atoms with Gasteiger partial charge in [-0.2, -0.15) is 0 Å². The van der Waals surface area contributed by atoms with Gasteiger partial charge in [-0.05, 0) is 24.6 Å². The second-order valence-corrected chi connectivity index (χ2v) is 6.28. The molecule has 4 amide bonds. The van der Waals surface area contributed by atoms with E-state index in [9.17, 15) is 19.2 Å². The van der Waals surface area contributed by atoms with Crippen molar-refractivity contribution >= 4 is 29.3 Å². The summed E-state index contributed by atoms with van der Waals surface area (Å²) in [6.07, 6.45) is 0.273. The van der Waals surface area contributed by atoms with Crippen LogP contribution in [0.2, 0.25) is 0 Å². The second-order valence-electron chi connectivity index (χ2n) is 6.28. The van der Waals surface area contributed by atoms with E-state index in [4.69, 9.17) is 4.74 Å². The number of morpholine rings is 1. The van der Waals surface area contributed by atoms with E-state index in [1.54, 1.807) is 12.1 Å². The minimum absolute atomic E-state index is 0.114. The van der Waals surface area contributed by atoms with Gasteiger partial charge in [-0.1, -0.05) is 0 Å². The zero-order valence-electron chi connectivity index (χ0n) is 13.5. The first-order valence-corrected chi connectivity index (χ1v) is 8.24. The summed E-state index contributed by atoms with van der Waals surface area (Å²) in [5, 5.41) is 2.19. The van der Waals surface area contributed by atoms with Gasteiger partial charge >= 0.3 is 0 Å².